The van der Waals surface area contributed by atoms with Gasteiger partial charge in [0.05, 0.1) is 24.1 Å². The smallest absolute Gasteiger partial charge is 0.186 e. The maximum atomic E-state index is 15.6. The van der Waals surface area contributed by atoms with Crippen LogP contribution in [0.4, 0.5) is 13.2 Å². The van der Waals surface area contributed by atoms with E-state index in [0.717, 1.165) is 12.8 Å². The van der Waals surface area contributed by atoms with E-state index in [1.165, 1.54) is 64.3 Å². The molecule has 1 aliphatic carbocycles. The van der Waals surface area contributed by atoms with Crippen molar-refractivity contribution in [3.8, 4) is 11.3 Å². The minimum atomic E-state index is -1.56. The van der Waals surface area contributed by atoms with Crippen molar-refractivity contribution in [1.29, 1.82) is 0 Å². The Morgan fingerprint density at radius 3 is 2.39 bits per heavy atom. The molecule has 2 atom stereocenters. The standard InChI is InChI=1S/C29H36F3N3O3/c1-7-24(38-6)23(34-18(3)30)14-17(2)33-16-29(37,20-10-11-20)25-15-22(28(4,5)36)26(32)27(35-25)19-8-12-21(31)13-9-19/h7-9,12-13,15,17,20,33,36-37H,1,10-11,14,16H2,2-6H3/b24-23-,34-18+. The molecule has 1 aliphatic rings. The van der Waals surface area contributed by atoms with E-state index in [1.807, 2.05) is 6.92 Å². The number of benzene rings is 1. The molecule has 1 heterocycles. The second kappa shape index (κ2) is 11.8. The Labute approximate surface area is 222 Å². The van der Waals surface area contributed by atoms with Crippen LogP contribution >= 0.6 is 0 Å². The first-order valence-corrected chi connectivity index (χ1v) is 12.6. The van der Waals surface area contributed by atoms with Crippen LogP contribution in [-0.2, 0) is 15.9 Å². The molecule has 0 aliphatic heterocycles. The number of nitrogens with one attached hydrogen (secondary N) is 1. The fraction of sp³-hybridized carbons (Fsp3) is 0.448. The predicted octanol–water partition coefficient (Wildman–Crippen LogP) is 5.65. The van der Waals surface area contributed by atoms with Gasteiger partial charge in [0.25, 0.3) is 0 Å². The van der Waals surface area contributed by atoms with Crippen molar-refractivity contribution in [2.24, 2.45) is 10.9 Å². The lowest BCUT2D eigenvalue weighted by atomic mass is 9.87. The first-order chi connectivity index (χ1) is 17.8. The number of nitrogens with zero attached hydrogens (tertiary/aromatic N) is 2. The van der Waals surface area contributed by atoms with E-state index in [4.69, 9.17) is 4.74 Å². The Morgan fingerprint density at radius 1 is 1.26 bits per heavy atom. The van der Waals surface area contributed by atoms with Crippen LogP contribution < -0.4 is 5.32 Å². The Morgan fingerprint density at radius 2 is 1.89 bits per heavy atom. The summed E-state index contributed by atoms with van der Waals surface area (Å²) in [5.74, 6) is -1.64. The lowest BCUT2D eigenvalue weighted by Crippen LogP contribution is -2.44. The number of pyridine rings is 1. The van der Waals surface area contributed by atoms with Crippen molar-refractivity contribution >= 4 is 5.97 Å². The normalized spacial score (nSPS) is 17.5. The fourth-order valence-electron chi connectivity index (χ4n) is 4.40. The quantitative estimate of drug-likeness (QED) is 0.187. The third-order valence-electron chi connectivity index (χ3n) is 6.63. The summed E-state index contributed by atoms with van der Waals surface area (Å²) >= 11 is 0. The van der Waals surface area contributed by atoms with Crippen LogP contribution in [0.1, 0.15) is 58.2 Å². The van der Waals surface area contributed by atoms with Crippen LogP contribution in [0, 0.1) is 17.6 Å². The first kappa shape index (κ1) is 29.5. The molecule has 0 radical (unpaired) electrons. The van der Waals surface area contributed by atoms with Crippen molar-refractivity contribution in [2.75, 3.05) is 13.7 Å². The van der Waals surface area contributed by atoms with Gasteiger partial charge in [0.15, 0.2) is 11.8 Å². The number of allylic oxidation sites excluding steroid dienone is 1. The molecule has 0 bridgehead atoms. The predicted molar refractivity (Wildman–Crippen MR) is 142 cm³/mol. The SMILES string of the molecule is C=C/C(OC)=C(CC(C)NCC(O)(c1cc(C(C)(C)O)c(F)c(-c2ccc(F)cc2)n1)C1CC1)/N=C(\C)F. The third kappa shape index (κ3) is 6.89. The van der Waals surface area contributed by atoms with Crippen LogP contribution in [0.3, 0.4) is 0 Å². The summed E-state index contributed by atoms with van der Waals surface area (Å²) in [5.41, 5.74) is -2.27. The van der Waals surface area contributed by atoms with Crippen LogP contribution in [0.2, 0.25) is 0 Å². The number of ether oxygens (including phenoxy) is 1. The van der Waals surface area contributed by atoms with Crippen LogP contribution in [0.25, 0.3) is 11.3 Å². The molecular formula is C29H36F3N3O3. The van der Waals surface area contributed by atoms with Crippen molar-refractivity contribution in [2.45, 2.75) is 64.2 Å². The third-order valence-corrected chi connectivity index (χ3v) is 6.63. The number of aliphatic hydroxyl groups is 2. The van der Waals surface area contributed by atoms with Gasteiger partial charge < -0.3 is 20.3 Å². The summed E-state index contributed by atoms with van der Waals surface area (Å²) in [4.78, 5) is 8.43. The molecule has 0 spiro atoms. The highest BCUT2D eigenvalue weighted by Gasteiger charge is 2.47. The van der Waals surface area contributed by atoms with Crippen molar-refractivity contribution in [3.05, 3.63) is 77.3 Å². The Balaban J connectivity index is 1.99. The van der Waals surface area contributed by atoms with Gasteiger partial charge in [0, 0.05) is 37.1 Å². The van der Waals surface area contributed by atoms with Gasteiger partial charge >= 0.3 is 0 Å². The molecule has 1 saturated carbocycles. The van der Waals surface area contributed by atoms with E-state index >= 15 is 4.39 Å². The number of aromatic nitrogens is 1. The van der Waals surface area contributed by atoms with Gasteiger partial charge in [-0.25, -0.2) is 18.8 Å². The highest BCUT2D eigenvalue weighted by Crippen LogP contribution is 2.46. The minimum Gasteiger partial charge on any atom is -0.495 e. The lowest BCUT2D eigenvalue weighted by molar-refractivity contribution is 0.00633. The second-order valence-corrected chi connectivity index (χ2v) is 10.3. The van der Waals surface area contributed by atoms with Gasteiger partial charge in [-0.15, -0.1) is 0 Å². The molecule has 6 nitrogen and oxygen atoms in total. The first-order valence-electron chi connectivity index (χ1n) is 12.6. The fourth-order valence-corrected chi connectivity index (χ4v) is 4.40. The number of hydrogen-bond donors (Lipinski definition) is 3. The average Bonchev–Trinajstić information content (AvgIpc) is 3.69. The topological polar surface area (TPSA) is 87.0 Å². The Bertz CT molecular complexity index is 1210. The van der Waals surface area contributed by atoms with Gasteiger partial charge in [-0.05, 0) is 75.9 Å². The largest absolute Gasteiger partial charge is 0.495 e. The summed E-state index contributed by atoms with van der Waals surface area (Å²) < 4.78 is 48.0. The van der Waals surface area contributed by atoms with E-state index in [2.05, 4.69) is 21.9 Å². The van der Waals surface area contributed by atoms with E-state index < -0.39 is 28.8 Å². The summed E-state index contributed by atoms with van der Waals surface area (Å²) in [6.45, 7) is 9.74. The lowest BCUT2D eigenvalue weighted by Gasteiger charge is -2.32. The molecule has 2 aromatic rings. The Hall–Kier alpha value is -3.01. The zero-order chi connectivity index (χ0) is 28.3. The maximum absolute atomic E-state index is 15.6. The molecule has 0 amide bonds. The van der Waals surface area contributed by atoms with E-state index in [1.54, 1.807) is 0 Å². The summed E-state index contributed by atoms with van der Waals surface area (Å²) in [5, 5.41) is 25.9. The summed E-state index contributed by atoms with van der Waals surface area (Å²) in [7, 11) is 1.45. The monoisotopic (exact) mass is 531 g/mol. The molecule has 206 valence electrons. The Kier molecular flexibility index (Phi) is 9.17. The number of aliphatic imine (C=N–C) groups is 1. The van der Waals surface area contributed by atoms with Crippen LogP contribution in [-0.4, -0.2) is 40.9 Å². The van der Waals surface area contributed by atoms with Gasteiger partial charge in [0.2, 0.25) is 0 Å². The molecule has 9 heteroatoms. The molecule has 0 saturated heterocycles. The van der Waals surface area contributed by atoms with Crippen LogP contribution in [0.5, 0.6) is 0 Å². The number of hydrogen-bond acceptors (Lipinski definition) is 6. The molecule has 38 heavy (non-hydrogen) atoms. The molecule has 1 aromatic carbocycles. The molecular weight excluding hydrogens is 495 g/mol. The van der Waals surface area contributed by atoms with Gasteiger partial charge in [0.1, 0.15) is 22.9 Å². The summed E-state index contributed by atoms with van der Waals surface area (Å²) in [6.07, 6.45) is 3.22. The molecule has 1 aromatic heterocycles. The van der Waals surface area contributed by atoms with E-state index in [0.29, 0.717) is 17.0 Å². The zero-order valence-electron chi connectivity index (χ0n) is 22.5. The van der Waals surface area contributed by atoms with Gasteiger partial charge in [-0.1, -0.05) is 6.58 Å². The van der Waals surface area contributed by atoms with E-state index in [9.17, 15) is 19.0 Å². The number of rotatable bonds is 12. The van der Waals surface area contributed by atoms with Crippen molar-refractivity contribution < 1.29 is 28.1 Å². The number of methoxy groups -OCH3 is 1. The van der Waals surface area contributed by atoms with Crippen molar-refractivity contribution in [3.63, 3.8) is 0 Å². The molecule has 3 rings (SSSR count). The van der Waals surface area contributed by atoms with Crippen molar-refractivity contribution in [1.82, 2.24) is 10.3 Å². The molecule has 3 N–H and O–H groups in total. The summed E-state index contributed by atoms with van der Waals surface area (Å²) in [6, 6.07) is 6.35. The zero-order valence-corrected chi connectivity index (χ0v) is 22.5. The minimum absolute atomic E-state index is 0.0253. The number of halogens is 3. The highest BCUT2D eigenvalue weighted by molar-refractivity contribution is 5.73. The average molecular weight is 532 g/mol. The molecule has 1 fully saturated rings. The maximum Gasteiger partial charge on any atom is 0.186 e. The highest BCUT2D eigenvalue weighted by atomic mass is 19.1. The second-order valence-electron chi connectivity index (χ2n) is 10.3. The van der Waals surface area contributed by atoms with E-state index in [-0.39, 0.29) is 41.9 Å². The van der Waals surface area contributed by atoms with Gasteiger partial charge in [-0.2, -0.15) is 4.39 Å². The van der Waals surface area contributed by atoms with Gasteiger partial charge in [-0.3, -0.25) is 0 Å². The van der Waals surface area contributed by atoms with Crippen LogP contribution in [0.15, 0.2) is 59.4 Å². The molecule has 2 unspecified atom stereocenters.